The molecule has 0 bridgehead atoms. The molecule has 0 saturated carbocycles. The Kier molecular flexibility index (Phi) is 3.58. The van der Waals surface area contributed by atoms with Gasteiger partial charge < -0.3 is 13.7 Å². The molecule has 0 spiro atoms. The number of hydrogen-bond donors (Lipinski definition) is 1. The lowest BCUT2D eigenvalue weighted by atomic mass is 10.3. The van der Waals surface area contributed by atoms with Crippen molar-refractivity contribution in [3.8, 4) is 17.2 Å². The van der Waals surface area contributed by atoms with Crippen molar-refractivity contribution in [2.75, 3.05) is 14.2 Å². The first-order valence-electron chi connectivity index (χ1n) is 3.72. The van der Waals surface area contributed by atoms with Crippen LogP contribution >= 0.6 is 0 Å². The van der Waals surface area contributed by atoms with E-state index in [1.165, 1.54) is 20.3 Å². The molecule has 5 nitrogen and oxygen atoms in total. The summed E-state index contributed by atoms with van der Waals surface area (Å²) in [6.07, 6.45) is 0. The maximum atomic E-state index is 10.4. The zero-order chi connectivity index (χ0) is 10.6. The number of ether oxygens (including phenoxy) is 2. The lowest BCUT2D eigenvalue weighted by Crippen LogP contribution is -1.96. The van der Waals surface area contributed by atoms with Crippen LogP contribution in [0.25, 0.3) is 0 Å². The fourth-order valence-corrected chi connectivity index (χ4v) is 1.31. The number of rotatable bonds is 4. The van der Waals surface area contributed by atoms with E-state index in [0.29, 0.717) is 5.75 Å². The lowest BCUT2D eigenvalue weighted by Gasteiger charge is -2.09. The van der Waals surface area contributed by atoms with Gasteiger partial charge in [-0.05, 0) is 12.1 Å². The summed E-state index contributed by atoms with van der Waals surface area (Å²) >= 11 is 0. The summed E-state index contributed by atoms with van der Waals surface area (Å²) < 4.78 is 35.1. The Bertz CT molecular complexity index is 377. The quantitative estimate of drug-likeness (QED) is 0.750. The van der Waals surface area contributed by atoms with Gasteiger partial charge in [-0.25, -0.2) is 0 Å². The van der Waals surface area contributed by atoms with Crippen LogP contribution in [-0.2, 0) is 11.0 Å². The third kappa shape index (κ3) is 2.29. The second-order valence-corrected chi connectivity index (χ2v) is 2.94. The average molecular weight is 218 g/mol. The molecule has 0 atom stereocenters. The third-order valence-electron chi connectivity index (χ3n) is 1.54. The molecule has 6 heteroatoms. The van der Waals surface area contributed by atoms with E-state index in [-0.39, 0.29) is 11.5 Å². The molecule has 0 unspecified atom stereocenters. The van der Waals surface area contributed by atoms with Crippen LogP contribution in [-0.4, -0.2) is 22.6 Å². The molecule has 1 aromatic carbocycles. The van der Waals surface area contributed by atoms with Crippen LogP contribution in [0.15, 0.2) is 18.2 Å². The van der Waals surface area contributed by atoms with E-state index < -0.39 is 11.0 Å². The van der Waals surface area contributed by atoms with Crippen LogP contribution in [0.1, 0.15) is 0 Å². The van der Waals surface area contributed by atoms with Crippen LogP contribution < -0.4 is 13.7 Å². The highest BCUT2D eigenvalue weighted by Gasteiger charge is 2.10. The van der Waals surface area contributed by atoms with Gasteiger partial charge in [0.15, 0.2) is 11.5 Å². The van der Waals surface area contributed by atoms with Crippen LogP contribution in [0, 0.1) is 0 Å². The van der Waals surface area contributed by atoms with E-state index >= 15 is 0 Å². The normalized spacial score (nSPS) is 9.93. The van der Waals surface area contributed by atoms with Gasteiger partial charge in [0.1, 0.15) is 0 Å². The van der Waals surface area contributed by atoms with Crippen LogP contribution in [0.3, 0.4) is 0 Å². The molecule has 0 aliphatic heterocycles. The van der Waals surface area contributed by atoms with Crippen molar-refractivity contribution in [3.05, 3.63) is 18.2 Å². The molecule has 0 aromatic heterocycles. The second-order valence-electron chi connectivity index (χ2n) is 2.31. The fourth-order valence-electron chi connectivity index (χ4n) is 1.01. The topological polar surface area (TPSA) is 61.8 Å². The fraction of sp³-hybridized carbons (Fsp3) is 0.250. The monoisotopic (exact) mass is 218 g/mol. The van der Waals surface area contributed by atoms with Crippen molar-refractivity contribution in [1.82, 2.24) is 0 Å². The first-order valence-corrected chi connectivity index (χ1v) is 4.82. The largest absolute Gasteiger partial charge is 0.493 e. The zero-order valence-corrected chi connectivity index (χ0v) is 8.61. The maximum Gasteiger partial charge on any atom is 0.299 e. The molecule has 0 amide bonds. The molecule has 1 aromatic rings. The molecule has 0 aliphatic rings. The molecule has 0 aliphatic carbocycles. The predicted octanol–water partition coefficient (Wildman–Crippen LogP) is 0.609. The highest BCUT2D eigenvalue weighted by Crippen LogP contribution is 2.36. The van der Waals surface area contributed by atoms with Crippen molar-refractivity contribution in [2.45, 2.75) is 0 Å². The molecule has 0 radical (unpaired) electrons. The Balaban J connectivity index is 3.14. The molecule has 0 N–H and O–H groups in total. The number of benzene rings is 1. The van der Waals surface area contributed by atoms with Crippen molar-refractivity contribution >= 4 is 11.0 Å². The van der Waals surface area contributed by atoms with Gasteiger partial charge in [0.25, 0.3) is 11.0 Å². The smallest absolute Gasteiger partial charge is 0.299 e. The number of thiol groups is 1. The van der Waals surface area contributed by atoms with Crippen molar-refractivity contribution in [1.29, 1.82) is 0 Å². The van der Waals surface area contributed by atoms with Gasteiger partial charge in [0.2, 0.25) is 5.75 Å². The first-order chi connectivity index (χ1) is 6.69. The van der Waals surface area contributed by atoms with Gasteiger partial charge in [-0.3, -0.25) is 0 Å². The van der Waals surface area contributed by atoms with Gasteiger partial charge >= 0.3 is 0 Å². The number of para-hydroxylation sites is 1. The minimum atomic E-state index is -2.95. The Hall–Kier alpha value is -1.43. The van der Waals surface area contributed by atoms with Gasteiger partial charge in [-0.15, -0.1) is 0 Å². The number of methoxy groups -OCH3 is 2. The first kappa shape index (κ1) is 10.6. The van der Waals surface area contributed by atoms with E-state index in [0.717, 1.165) is 0 Å². The second kappa shape index (κ2) is 4.71. The third-order valence-corrected chi connectivity index (χ3v) is 1.89. The molecule has 1 rings (SSSR count). The van der Waals surface area contributed by atoms with Crippen molar-refractivity contribution < 1.29 is 22.1 Å². The summed E-state index contributed by atoms with van der Waals surface area (Å²) in [5.41, 5.74) is 0. The minimum Gasteiger partial charge on any atom is -0.493 e. The maximum absolute atomic E-state index is 10.4. The minimum absolute atomic E-state index is 0.114. The van der Waals surface area contributed by atoms with Crippen LogP contribution in [0.4, 0.5) is 0 Å². The van der Waals surface area contributed by atoms with Gasteiger partial charge in [-0.1, -0.05) is 6.07 Å². The van der Waals surface area contributed by atoms with E-state index in [2.05, 4.69) is 4.18 Å². The summed E-state index contributed by atoms with van der Waals surface area (Å²) in [6.45, 7) is 0. The molecule has 0 saturated heterocycles. The highest BCUT2D eigenvalue weighted by molar-refractivity contribution is 7.67. The summed E-state index contributed by atoms with van der Waals surface area (Å²) in [5.74, 6) is 0.791. The van der Waals surface area contributed by atoms with Crippen LogP contribution in [0.2, 0.25) is 0 Å². The van der Waals surface area contributed by atoms with Gasteiger partial charge in [-0.2, -0.15) is 8.42 Å². The molecule has 0 heterocycles. The summed E-state index contributed by atoms with van der Waals surface area (Å²) in [6, 6.07) is 4.73. The molecule has 14 heavy (non-hydrogen) atoms. The molecule has 78 valence electrons. The van der Waals surface area contributed by atoms with E-state index in [9.17, 15) is 8.42 Å². The predicted molar refractivity (Wildman–Crippen MR) is 50.5 cm³/mol. The summed E-state index contributed by atoms with van der Waals surface area (Å²) in [5, 5.41) is 0. The summed E-state index contributed by atoms with van der Waals surface area (Å²) in [7, 11) is -0.0891. The Morgan fingerprint density at radius 3 is 2.21 bits per heavy atom. The Morgan fingerprint density at radius 2 is 1.71 bits per heavy atom. The SMILES string of the molecule is COc1cccc(O[SH](=O)=O)c1OC. The number of hydrogen-bond acceptors (Lipinski definition) is 5. The highest BCUT2D eigenvalue weighted by atomic mass is 32.2. The molecular weight excluding hydrogens is 208 g/mol. The zero-order valence-electron chi connectivity index (χ0n) is 7.72. The lowest BCUT2D eigenvalue weighted by molar-refractivity contribution is 0.344. The van der Waals surface area contributed by atoms with Crippen LogP contribution in [0.5, 0.6) is 17.2 Å². The van der Waals surface area contributed by atoms with Crippen molar-refractivity contribution in [3.63, 3.8) is 0 Å². The average Bonchev–Trinajstić information content (AvgIpc) is 2.16. The van der Waals surface area contributed by atoms with Crippen molar-refractivity contribution in [2.24, 2.45) is 0 Å². The Labute approximate surface area is 83.4 Å². The van der Waals surface area contributed by atoms with Gasteiger partial charge in [0.05, 0.1) is 14.2 Å². The summed E-state index contributed by atoms with van der Waals surface area (Å²) in [4.78, 5) is 0. The molecular formula is C8H10O5S. The van der Waals surface area contributed by atoms with E-state index in [1.807, 2.05) is 0 Å². The van der Waals surface area contributed by atoms with E-state index in [1.54, 1.807) is 12.1 Å². The van der Waals surface area contributed by atoms with Gasteiger partial charge in [0, 0.05) is 0 Å². The standard InChI is InChI=1S/C8H10O5S/c1-11-6-4-3-5-7(8(6)12-2)13-14(9)10/h3-5,14H,1-2H3. The van der Waals surface area contributed by atoms with E-state index in [4.69, 9.17) is 9.47 Å². The molecule has 0 fully saturated rings. The Morgan fingerprint density at radius 1 is 1.07 bits per heavy atom.